The molecule has 0 saturated carbocycles. The Hall–Kier alpha value is -1.11. The molecular formula is C9H8IN3O. The van der Waals surface area contributed by atoms with Crippen molar-refractivity contribution in [2.45, 2.75) is 6.92 Å². The second-order valence-corrected chi connectivity index (χ2v) is 3.89. The topological polar surface area (TPSA) is 64.9 Å². The van der Waals surface area contributed by atoms with Crippen molar-refractivity contribution in [1.29, 1.82) is 0 Å². The molecule has 14 heavy (non-hydrogen) atoms. The molecule has 2 N–H and O–H groups in total. The van der Waals surface area contributed by atoms with Gasteiger partial charge in [-0.15, -0.1) is 0 Å². The first kappa shape index (κ1) is 9.45. The highest BCUT2D eigenvalue weighted by molar-refractivity contribution is 14.1. The summed E-state index contributed by atoms with van der Waals surface area (Å²) >= 11 is 2.12. The zero-order valence-corrected chi connectivity index (χ0v) is 9.65. The first-order chi connectivity index (χ1) is 6.68. The lowest BCUT2D eigenvalue weighted by atomic mass is 10.3. The highest BCUT2D eigenvalue weighted by Crippen LogP contribution is 2.21. The van der Waals surface area contributed by atoms with Gasteiger partial charge in [-0.05, 0) is 41.6 Å². The molecular weight excluding hydrogens is 293 g/mol. The van der Waals surface area contributed by atoms with Gasteiger partial charge in [-0.3, -0.25) is 0 Å². The summed E-state index contributed by atoms with van der Waals surface area (Å²) in [4.78, 5) is 8.43. The number of nitrogens with zero attached hydrogens (tertiary/aromatic N) is 2. The van der Waals surface area contributed by atoms with Gasteiger partial charge in [0.15, 0.2) is 11.6 Å². The Labute approximate surface area is 94.7 Å². The maximum absolute atomic E-state index is 5.73. The molecule has 5 heteroatoms. The van der Waals surface area contributed by atoms with Crippen LogP contribution in [0.1, 0.15) is 5.69 Å². The normalized spacial score (nSPS) is 10.4. The molecule has 0 atom stereocenters. The van der Waals surface area contributed by atoms with E-state index >= 15 is 0 Å². The fourth-order valence-corrected chi connectivity index (χ4v) is 1.34. The fourth-order valence-electron chi connectivity index (χ4n) is 1.10. The molecule has 2 aromatic heterocycles. The maximum atomic E-state index is 5.73. The number of furan rings is 1. The number of aromatic nitrogens is 2. The van der Waals surface area contributed by atoms with Crippen LogP contribution >= 0.6 is 22.6 Å². The van der Waals surface area contributed by atoms with Crippen LogP contribution in [0, 0.1) is 10.5 Å². The third-order valence-electron chi connectivity index (χ3n) is 1.78. The highest BCUT2D eigenvalue weighted by atomic mass is 127. The van der Waals surface area contributed by atoms with Crippen molar-refractivity contribution in [3.63, 3.8) is 0 Å². The Morgan fingerprint density at radius 1 is 1.43 bits per heavy atom. The molecule has 2 rings (SSSR count). The van der Waals surface area contributed by atoms with Crippen LogP contribution in [-0.4, -0.2) is 9.97 Å². The first-order valence-electron chi connectivity index (χ1n) is 4.02. The van der Waals surface area contributed by atoms with Crippen LogP contribution in [-0.2, 0) is 0 Å². The molecule has 0 bridgehead atoms. The number of nitrogens with two attached hydrogens (primary N) is 1. The number of rotatable bonds is 1. The summed E-state index contributed by atoms with van der Waals surface area (Å²) in [5.41, 5.74) is 6.59. The van der Waals surface area contributed by atoms with E-state index in [2.05, 4.69) is 32.6 Å². The molecule has 0 fully saturated rings. The van der Waals surface area contributed by atoms with E-state index < -0.39 is 0 Å². The summed E-state index contributed by atoms with van der Waals surface area (Å²) in [6.07, 6.45) is 1.59. The molecule has 0 unspecified atom stereocenters. The minimum atomic E-state index is 0.490. The van der Waals surface area contributed by atoms with Crippen molar-refractivity contribution in [1.82, 2.24) is 9.97 Å². The summed E-state index contributed by atoms with van der Waals surface area (Å²) < 4.78 is 6.07. The van der Waals surface area contributed by atoms with Gasteiger partial charge in [0.25, 0.3) is 0 Å². The van der Waals surface area contributed by atoms with Crippen LogP contribution in [0.3, 0.4) is 0 Å². The van der Waals surface area contributed by atoms with E-state index in [1.54, 1.807) is 18.4 Å². The van der Waals surface area contributed by atoms with Crippen molar-refractivity contribution >= 4 is 28.4 Å². The van der Waals surface area contributed by atoms with Gasteiger partial charge in [0, 0.05) is 0 Å². The number of hydrogen-bond donors (Lipinski definition) is 1. The van der Waals surface area contributed by atoms with Crippen LogP contribution in [0.5, 0.6) is 0 Å². The molecule has 0 radical (unpaired) electrons. The number of anilines is 1. The quantitative estimate of drug-likeness (QED) is 0.820. The number of hydrogen-bond acceptors (Lipinski definition) is 4. The zero-order chi connectivity index (χ0) is 10.1. The van der Waals surface area contributed by atoms with Gasteiger partial charge in [-0.25, -0.2) is 9.97 Å². The van der Waals surface area contributed by atoms with E-state index in [1.807, 2.05) is 6.92 Å². The predicted molar refractivity (Wildman–Crippen MR) is 61.6 cm³/mol. The van der Waals surface area contributed by atoms with Crippen LogP contribution < -0.4 is 5.73 Å². The smallest absolute Gasteiger partial charge is 0.197 e. The van der Waals surface area contributed by atoms with Crippen molar-refractivity contribution in [2.75, 3.05) is 5.73 Å². The largest absolute Gasteiger partial charge is 0.461 e. The maximum Gasteiger partial charge on any atom is 0.197 e. The van der Waals surface area contributed by atoms with Crippen LogP contribution in [0.15, 0.2) is 22.8 Å². The molecule has 2 heterocycles. The molecule has 0 saturated heterocycles. The predicted octanol–water partition coefficient (Wildman–Crippen LogP) is 2.23. The number of aryl methyl sites for hydroxylation is 1. The van der Waals surface area contributed by atoms with Gasteiger partial charge in [0.05, 0.1) is 15.5 Å². The second kappa shape index (κ2) is 3.56. The molecule has 4 nitrogen and oxygen atoms in total. The summed E-state index contributed by atoms with van der Waals surface area (Å²) in [5.74, 6) is 1.66. The fraction of sp³-hybridized carbons (Fsp3) is 0.111. The Bertz CT molecular complexity index is 430. The Kier molecular flexibility index (Phi) is 2.40. The van der Waals surface area contributed by atoms with Gasteiger partial charge in [0.2, 0.25) is 0 Å². The number of halogens is 1. The van der Waals surface area contributed by atoms with Gasteiger partial charge in [-0.2, -0.15) is 0 Å². The van der Waals surface area contributed by atoms with Gasteiger partial charge in [-0.1, -0.05) is 0 Å². The summed E-state index contributed by atoms with van der Waals surface area (Å²) in [7, 11) is 0. The lowest BCUT2D eigenvalue weighted by Crippen LogP contribution is -2.01. The van der Waals surface area contributed by atoms with E-state index in [0.29, 0.717) is 17.4 Å². The molecule has 72 valence electrons. The molecule has 0 spiro atoms. The minimum absolute atomic E-state index is 0.490. The Morgan fingerprint density at radius 2 is 2.21 bits per heavy atom. The molecule has 0 aromatic carbocycles. The molecule has 0 aliphatic heterocycles. The van der Waals surface area contributed by atoms with Crippen molar-refractivity contribution in [3.05, 3.63) is 27.7 Å². The van der Waals surface area contributed by atoms with Crippen molar-refractivity contribution in [2.24, 2.45) is 0 Å². The van der Waals surface area contributed by atoms with Crippen LogP contribution in [0.2, 0.25) is 0 Å². The van der Waals surface area contributed by atoms with Gasteiger partial charge < -0.3 is 10.2 Å². The molecule has 0 aliphatic rings. The first-order valence-corrected chi connectivity index (χ1v) is 5.10. The monoisotopic (exact) mass is 301 g/mol. The summed E-state index contributed by atoms with van der Waals surface area (Å²) in [6.45, 7) is 1.90. The third-order valence-corrected chi connectivity index (χ3v) is 3.12. The van der Waals surface area contributed by atoms with E-state index in [0.717, 1.165) is 9.26 Å². The van der Waals surface area contributed by atoms with Crippen molar-refractivity contribution < 1.29 is 4.42 Å². The summed E-state index contributed by atoms with van der Waals surface area (Å²) in [6, 6.07) is 3.60. The highest BCUT2D eigenvalue weighted by Gasteiger charge is 2.09. The van der Waals surface area contributed by atoms with Gasteiger partial charge >= 0.3 is 0 Å². The lowest BCUT2D eigenvalue weighted by molar-refractivity contribution is 0.577. The van der Waals surface area contributed by atoms with E-state index in [-0.39, 0.29) is 0 Å². The third kappa shape index (κ3) is 1.59. The zero-order valence-electron chi connectivity index (χ0n) is 7.49. The second-order valence-electron chi connectivity index (χ2n) is 2.81. The minimum Gasteiger partial charge on any atom is -0.461 e. The summed E-state index contributed by atoms with van der Waals surface area (Å²) in [5, 5.41) is 0. The average Bonchev–Trinajstić information content (AvgIpc) is 2.66. The number of nitrogen functional groups attached to an aromatic ring is 1. The Balaban J connectivity index is 2.57. The lowest BCUT2D eigenvalue weighted by Gasteiger charge is -2.03. The molecule has 2 aromatic rings. The van der Waals surface area contributed by atoms with Crippen molar-refractivity contribution in [3.8, 4) is 11.6 Å². The van der Waals surface area contributed by atoms with Crippen LogP contribution in [0.25, 0.3) is 11.6 Å². The van der Waals surface area contributed by atoms with E-state index in [4.69, 9.17) is 10.2 Å². The van der Waals surface area contributed by atoms with E-state index in [9.17, 15) is 0 Å². The van der Waals surface area contributed by atoms with Crippen LogP contribution in [0.4, 0.5) is 5.82 Å². The molecule has 0 aliphatic carbocycles. The standard InChI is InChI=1S/C9H8IN3O/c1-5-7(10)8(11)13-9(12-5)6-3-2-4-14-6/h2-4H,1H3,(H2,11,12,13). The average molecular weight is 301 g/mol. The van der Waals surface area contributed by atoms with E-state index in [1.165, 1.54) is 0 Å². The molecule has 0 amide bonds. The van der Waals surface area contributed by atoms with Gasteiger partial charge in [0.1, 0.15) is 5.82 Å². The SMILES string of the molecule is Cc1nc(-c2ccco2)nc(N)c1I. The Morgan fingerprint density at radius 3 is 2.79 bits per heavy atom.